The third-order valence-electron chi connectivity index (χ3n) is 3.98. The lowest BCUT2D eigenvalue weighted by Gasteiger charge is -2.33. The number of hydrogen-bond donors (Lipinski definition) is 2. The minimum atomic E-state index is -0.683. The van der Waals surface area contributed by atoms with Crippen LogP contribution in [0.1, 0.15) is 31.4 Å². The first-order valence-electron chi connectivity index (χ1n) is 7.64. The van der Waals surface area contributed by atoms with Crippen LogP contribution in [0.3, 0.4) is 0 Å². The van der Waals surface area contributed by atoms with Crippen LogP contribution in [0.4, 0.5) is 0 Å². The zero-order valence-electron chi connectivity index (χ0n) is 12.7. The highest BCUT2D eigenvalue weighted by Crippen LogP contribution is 2.28. The maximum Gasteiger partial charge on any atom is 0.224 e. The van der Waals surface area contributed by atoms with Crippen LogP contribution in [-0.4, -0.2) is 42.1 Å². The van der Waals surface area contributed by atoms with E-state index in [0.717, 1.165) is 19.4 Å². The summed E-state index contributed by atoms with van der Waals surface area (Å²) in [5.74, 6) is 0.104. The fraction of sp³-hybridized carbons (Fsp3) is 0.562. The number of hydrogen-bond acceptors (Lipinski definition) is 3. The van der Waals surface area contributed by atoms with Crippen LogP contribution < -0.4 is 5.32 Å². The minimum Gasteiger partial charge on any atom is -0.387 e. The number of benzene rings is 1. The number of nitrogens with one attached hydrogen (secondary N) is 1. The highest BCUT2D eigenvalue weighted by molar-refractivity contribution is 6.35. The fourth-order valence-corrected chi connectivity index (χ4v) is 3.40. The number of nitrogens with zero attached hydrogens (tertiary/aromatic N) is 1. The summed E-state index contributed by atoms with van der Waals surface area (Å²) in [4.78, 5) is 14.1. The average molecular weight is 345 g/mol. The van der Waals surface area contributed by atoms with Crippen molar-refractivity contribution in [1.82, 2.24) is 10.2 Å². The van der Waals surface area contributed by atoms with Gasteiger partial charge in [0.15, 0.2) is 0 Å². The highest BCUT2D eigenvalue weighted by Gasteiger charge is 2.27. The molecule has 1 amide bonds. The van der Waals surface area contributed by atoms with Crippen molar-refractivity contribution in [2.24, 2.45) is 5.92 Å². The molecule has 0 bridgehead atoms. The Balaban J connectivity index is 1.96. The number of β-amino-alcohol motifs (C(OH)–C–C–N with tert-alkyl or cyclic N) is 1. The maximum atomic E-state index is 12.0. The molecule has 1 aliphatic rings. The van der Waals surface area contributed by atoms with Gasteiger partial charge in [-0.25, -0.2) is 0 Å². The van der Waals surface area contributed by atoms with Gasteiger partial charge >= 0.3 is 0 Å². The van der Waals surface area contributed by atoms with E-state index >= 15 is 0 Å². The molecule has 0 radical (unpaired) electrons. The Hall–Kier alpha value is -0.810. The van der Waals surface area contributed by atoms with Crippen molar-refractivity contribution in [2.45, 2.75) is 25.9 Å². The molecule has 22 heavy (non-hydrogen) atoms. The molecule has 0 saturated carbocycles. The second-order valence-corrected chi connectivity index (χ2v) is 6.52. The largest absolute Gasteiger partial charge is 0.387 e. The number of likely N-dealkylation sites (tertiary alicyclic amines) is 1. The van der Waals surface area contributed by atoms with E-state index in [0.29, 0.717) is 35.2 Å². The monoisotopic (exact) mass is 344 g/mol. The zero-order valence-corrected chi connectivity index (χ0v) is 14.2. The first-order valence-corrected chi connectivity index (χ1v) is 8.40. The normalized spacial score (nSPS) is 20.6. The lowest BCUT2D eigenvalue weighted by Crippen LogP contribution is -2.44. The Morgan fingerprint density at radius 3 is 2.95 bits per heavy atom. The van der Waals surface area contributed by atoms with E-state index in [9.17, 15) is 9.90 Å². The van der Waals surface area contributed by atoms with E-state index in [1.807, 2.05) is 6.92 Å². The first kappa shape index (κ1) is 17.5. The van der Waals surface area contributed by atoms with Gasteiger partial charge in [-0.15, -0.1) is 0 Å². The molecule has 1 aromatic carbocycles. The molecule has 1 aliphatic heterocycles. The van der Waals surface area contributed by atoms with Gasteiger partial charge in [0.05, 0.1) is 12.0 Å². The smallest absolute Gasteiger partial charge is 0.224 e. The molecule has 2 N–H and O–H groups in total. The number of amides is 1. The van der Waals surface area contributed by atoms with E-state index in [1.54, 1.807) is 18.2 Å². The second kappa shape index (κ2) is 8.16. The lowest BCUT2D eigenvalue weighted by molar-refractivity contribution is -0.126. The Labute approximate surface area is 141 Å². The molecular weight excluding hydrogens is 323 g/mol. The van der Waals surface area contributed by atoms with E-state index in [4.69, 9.17) is 23.2 Å². The number of piperidine rings is 1. The molecule has 6 heteroatoms. The molecule has 0 spiro atoms. The van der Waals surface area contributed by atoms with Gasteiger partial charge in [0.25, 0.3) is 0 Å². The van der Waals surface area contributed by atoms with Crippen molar-refractivity contribution in [2.75, 3.05) is 26.2 Å². The maximum absolute atomic E-state index is 12.0. The summed E-state index contributed by atoms with van der Waals surface area (Å²) in [6, 6.07) is 5.11. The topological polar surface area (TPSA) is 52.6 Å². The first-order chi connectivity index (χ1) is 10.5. The predicted molar refractivity (Wildman–Crippen MR) is 89.3 cm³/mol. The number of aliphatic hydroxyl groups is 1. The molecule has 0 aromatic heterocycles. The van der Waals surface area contributed by atoms with Crippen LogP contribution in [0.5, 0.6) is 0 Å². The van der Waals surface area contributed by atoms with Crippen LogP contribution in [-0.2, 0) is 4.79 Å². The van der Waals surface area contributed by atoms with Crippen LogP contribution in [0.2, 0.25) is 10.0 Å². The summed E-state index contributed by atoms with van der Waals surface area (Å²) in [6.45, 7) is 4.60. The Bertz CT molecular complexity index is 525. The van der Waals surface area contributed by atoms with E-state index in [1.165, 1.54) is 0 Å². The number of aliphatic hydroxyl groups excluding tert-OH is 1. The second-order valence-electron chi connectivity index (χ2n) is 5.67. The summed E-state index contributed by atoms with van der Waals surface area (Å²) in [6.07, 6.45) is 1.18. The summed E-state index contributed by atoms with van der Waals surface area (Å²) < 4.78 is 0. The molecule has 2 unspecified atom stereocenters. The number of carbonyl (C=O) groups is 1. The van der Waals surface area contributed by atoms with Gasteiger partial charge in [-0.1, -0.05) is 29.3 Å². The Morgan fingerprint density at radius 2 is 2.27 bits per heavy atom. The van der Waals surface area contributed by atoms with Gasteiger partial charge in [-0.3, -0.25) is 9.69 Å². The molecule has 1 saturated heterocycles. The van der Waals surface area contributed by atoms with Crippen LogP contribution in [0.15, 0.2) is 18.2 Å². The third-order valence-corrected chi connectivity index (χ3v) is 4.54. The quantitative estimate of drug-likeness (QED) is 0.863. The van der Waals surface area contributed by atoms with Gasteiger partial charge in [0.2, 0.25) is 5.91 Å². The van der Waals surface area contributed by atoms with Crippen LogP contribution in [0, 0.1) is 5.92 Å². The van der Waals surface area contributed by atoms with Crippen molar-refractivity contribution in [3.8, 4) is 0 Å². The van der Waals surface area contributed by atoms with Crippen molar-refractivity contribution < 1.29 is 9.90 Å². The van der Waals surface area contributed by atoms with Crippen LogP contribution >= 0.6 is 23.2 Å². The third kappa shape index (κ3) is 4.59. The number of rotatable bonds is 5. The van der Waals surface area contributed by atoms with Crippen molar-refractivity contribution in [1.29, 1.82) is 0 Å². The minimum absolute atomic E-state index is 0.00147. The molecule has 2 rings (SSSR count). The molecule has 2 atom stereocenters. The van der Waals surface area contributed by atoms with E-state index in [2.05, 4.69) is 10.2 Å². The molecule has 1 aromatic rings. The van der Waals surface area contributed by atoms with E-state index < -0.39 is 6.10 Å². The van der Waals surface area contributed by atoms with Gasteiger partial charge in [0.1, 0.15) is 0 Å². The molecule has 1 fully saturated rings. The predicted octanol–water partition coefficient (Wildman–Crippen LogP) is 2.87. The zero-order chi connectivity index (χ0) is 16.1. The lowest BCUT2D eigenvalue weighted by atomic mass is 9.96. The van der Waals surface area contributed by atoms with E-state index in [-0.39, 0.29) is 11.8 Å². The number of carbonyl (C=O) groups excluding carboxylic acids is 1. The van der Waals surface area contributed by atoms with Crippen molar-refractivity contribution in [3.05, 3.63) is 33.8 Å². The fourth-order valence-electron chi connectivity index (χ4n) is 2.87. The van der Waals surface area contributed by atoms with Crippen molar-refractivity contribution >= 4 is 29.1 Å². The van der Waals surface area contributed by atoms with Gasteiger partial charge < -0.3 is 10.4 Å². The van der Waals surface area contributed by atoms with Gasteiger partial charge in [-0.05, 0) is 38.4 Å². The van der Waals surface area contributed by atoms with Gasteiger partial charge in [0, 0.05) is 35.2 Å². The molecular formula is C16H22Cl2N2O2. The molecule has 122 valence electrons. The Kier molecular flexibility index (Phi) is 6.50. The highest BCUT2D eigenvalue weighted by atomic mass is 35.5. The molecule has 1 heterocycles. The Morgan fingerprint density at radius 1 is 1.50 bits per heavy atom. The standard InChI is InChI=1S/C16H22Cl2N2O2/c1-2-19-16(22)11-4-3-7-20(9-11)10-15(21)13-6-5-12(17)8-14(13)18/h5-6,8,11,15,21H,2-4,7,9-10H2,1H3,(H,19,22). The summed E-state index contributed by atoms with van der Waals surface area (Å²) in [5.41, 5.74) is 0.672. The number of halogens is 2. The summed E-state index contributed by atoms with van der Waals surface area (Å²) >= 11 is 12.0. The molecule has 4 nitrogen and oxygen atoms in total. The molecule has 0 aliphatic carbocycles. The SMILES string of the molecule is CCNC(=O)C1CCCN(CC(O)c2ccc(Cl)cc2Cl)C1. The van der Waals surface area contributed by atoms with Gasteiger partial charge in [-0.2, -0.15) is 0 Å². The summed E-state index contributed by atoms with van der Waals surface area (Å²) in [5, 5.41) is 14.3. The average Bonchev–Trinajstić information content (AvgIpc) is 2.47. The van der Waals surface area contributed by atoms with Crippen molar-refractivity contribution in [3.63, 3.8) is 0 Å². The summed E-state index contributed by atoms with van der Waals surface area (Å²) in [7, 11) is 0. The van der Waals surface area contributed by atoms with Crippen LogP contribution in [0.25, 0.3) is 0 Å².